The minimum atomic E-state index is -2.03. The summed E-state index contributed by atoms with van der Waals surface area (Å²) in [6.45, 7) is 1.21. The number of carboxylic acids is 1. The number of rotatable bonds is 6. The second-order valence-electron chi connectivity index (χ2n) is 6.20. The SMILES string of the molecule is CC(O)(CNC(=O)C1CCCN1C(=O)Cc1ccccc1)C(=O)O. The molecular formula is C17H22N2O5. The number of hydrogen-bond donors (Lipinski definition) is 3. The Morgan fingerprint density at radius 2 is 1.96 bits per heavy atom. The third-order valence-corrected chi connectivity index (χ3v) is 4.14. The molecule has 3 N–H and O–H groups in total. The fraction of sp³-hybridized carbons (Fsp3) is 0.471. The molecule has 24 heavy (non-hydrogen) atoms. The summed E-state index contributed by atoms with van der Waals surface area (Å²) in [5.74, 6) is -1.98. The van der Waals surface area contributed by atoms with Crippen LogP contribution in [0, 0.1) is 0 Å². The van der Waals surface area contributed by atoms with Crippen molar-refractivity contribution >= 4 is 17.8 Å². The van der Waals surface area contributed by atoms with Gasteiger partial charge >= 0.3 is 5.97 Å². The zero-order chi connectivity index (χ0) is 17.7. The van der Waals surface area contributed by atoms with Gasteiger partial charge in [-0.3, -0.25) is 9.59 Å². The molecule has 1 saturated heterocycles. The first kappa shape index (κ1) is 17.9. The lowest BCUT2D eigenvalue weighted by Crippen LogP contribution is -2.52. The van der Waals surface area contributed by atoms with E-state index in [1.807, 2.05) is 30.3 Å². The van der Waals surface area contributed by atoms with E-state index in [9.17, 15) is 19.5 Å². The number of likely N-dealkylation sites (tertiary alicyclic amines) is 1. The lowest BCUT2D eigenvalue weighted by atomic mass is 10.1. The number of amides is 2. The first-order valence-corrected chi connectivity index (χ1v) is 7.88. The molecule has 2 atom stereocenters. The van der Waals surface area contributed by atoms with Gasteiger partial charge in [-0.25, -0.2) is 4.79 Å². The summed E-state index contributed by atoms with van der Waals surface area (Å²) in [6.07, 6.45) is 1.47. The first-order chi connectivity index (χ1) is 11.3. The van der Waals surface area contributed by atoms with Crippen LogP contribution in [-0.4, -0.2) is 57.6 Å². The van der Waals surface area contributed by atoms with Crippen LogP contribution in [0.2, 0.25) is 0 Å². The van der Waals surface area contributed by atoms with E-state index in [4.69, 9.17) is 5.11 Å². The number of carbonyl (C=O) groups excluding carboxylic acids is 2. The fourth-order valence-electron chi connectivity index (χ4n) is 2.66. The van der Waals surface area contributed by atoms with E-state index < -0.39 is 30.1 Å². The highest BCUT2D eigenvalue weighted by Gasteiger charge is 2.36. The zero-order valence-electron chi connectivity index (χ0n) is 13.6. The van der Waals surface area contributed by atoms with Crippen LogP contribution in [0.5, 0.6) is 0 Å². The highest BCUT2D eigenvalue weighted by Crippen LogP contribution is 2.19. The van der Waals surface area contributed by atoms with Crippen molar-refractivity contribution in [2.75, 3.05) is 13.1 Å². The van der Waals surface area contributed by atoms with Crippen LogP contribution >= 0.6 is 0 Å². The van der Waals surface area contributed by atoms with Crippen molar-refractivity contribution in [1.82, 2.24) is 10.2 Å². The van der Waals surface area contributed by atoms with Crippen molar-refractivity contribution in [3.63, 3.8) is 0 Å². The Labute approximate surface area is 140 Å². The minimum Gasteiger partial charge on any atom is -0.479 e. The quantitative estimate of drug-likeness (QED) is 0.687. The summed E-state index contributed by atoms with van der Waals surface area (Å²) in [5.41, 5.74) is -1.16. The molecule has 2 amide bonds. The van der Waals surface area contributed by atoms with Crippen LogP contribution in [0.1, 0.15) is 25.3 Å². The van der Waals surface area contributed by atoms with Gasteiger partial charge in [-0.2, -0.15) is 0 Å². The van der Waals surface area contributed by atoms with Crippen molar-refractivity contribution in [3.05, 3.63) is 35.9 Å². The number of aliphatic hydroxyl groups is 1. The van der Waals surface area contributed by atoms with Crippen LogP contribution in [0.25, 0.3) is 0 Å². The number of hydrogen-bond acceptors (Lipinski definition) is 4. The van der Waals surface area contributed by atoms with Gasteiger partial charge in [-0.15, -0.1) is 0 Å². The van der Waals surface area contributed by atoms with Crippen LogP contribution in [0.3, 0.4) is 0 Å². The molecule has 0 radical (unpaired) electrons. The fourth-order valence-corrected chi connectivity index (χ4v) is 2.66. The molecule has 7 heteroatoms. The topological polar surface area (TPSA) is 107 Å². The van der Waals surface area contributed by atoms with E-state index in [0.29, 0.717) is 19.4 Å². The van der Waals surface area contributed by atoms with Crippen LogP contribution in [-0.2, 0) is 20.8 Å². The van der Waals surface area contributed by atoms with Crippen LogP contribution < -0.4 is 5.32 Å². The van der Waals surface area contributed by atoms with Gasteiger partial charge in [0.25, 0.3) is 0 Å². The predicted octanol–water partition coefficient (Wildman–Crippen LogP) is 0.172. The lowest BCUT2D eigenvalue weighted by molar-refractivity contribution is -0.156. The van der Waals surface area contributed by atoms with Gasteiger partial charge in [-0.1, -0.05) is 30.3 Å². The van der Waals surface area contributed by atoms with Gasteiger partial charge in [0, 0.05) is 6.54 Å². The largest absolute Gasteiger partial charge is 0.479 e. The summed E-state index contributed by atoms with van der Waals surface area (Å²) in [4.78, 5) is 37.1. The van der Waals surface area contributed by atoms with Crippen LogP contribution in [0.4, 0.5) is 0 Å². The third kappa shape index (κ3) is 4.32. The highest BCUT2D eigenvalue weighted by atomic mass is 16.4. The van der Waals surface area contributed by atoms with Gasteiger partial charge in [0.15, 0.2) is 5.60 Å². The Balaban J connectivity index is 1.95. The zero-order valence-corrected chi connectivity index (χ0v) is 13.6. The molecule has 1 fully saturated rings. The number of carbonyl (C=O) groups is 3. The molecule has 130 valence electrons. The third-order valence-electron chi connectivity index (χ3n) is 4.14. The van der Waals surface area contributed by atoms with Gasteiger partial charge < -0.3 is 20.4 Å². The summed E-state index contributed by atoms with van der Waals surface area (Å²) in [7, 11) is 0. The molecule has 1 aromatic carbocycles. The Morgan fingerprint density at radius 3 is 2.58 bits per heavy atom. The molecule has 2 unspecified atom stereocenters. The highest BCUT2D eigenvalue weighted by molar-refractivity contribution is 5.89. The van der Waals surface area contributed by atoms with Crippen molar-refractivity contribution in [2.24, 2.45) is 0 Å². The number of aliphatic carboxylic acids is 1. The number of carboxylic acid groups (broad SMARTS) is 1. The molecule has 0 aromatic heterocycles. The van der Waals surface area contributed by atoms with Crippen molar-refractivity contribution in [2.45, 2.75) is 37.8 Å². The summed E-state index contributed by atoms with van der Waals surface area (Å²) < 4.78 is 0. The maximum atomic E-state index is 12.4. The Kier molecular flexibility index (Phi) is 5.56. The monoisotopic (exact) mass is 334 g/mol. The van der Waals surface area contributed by atoms with E-state index in [0.717, 1.165) is 12.5 Å². The predicted molar refractivity (Wildman–Crippen MR) is 86.2 cm³/mol. The molecule has 1 heterocycles. The van der Waals surface area contributed by atoms with Crippen LogP contribution in [0.15, 0.2) is 30.3 Å². The van der Waals surface area contributed by atoms with E-state index in [2.05, 4.69) is 5.32 Å². The van der Waals surface area contributed by atoms with E-state index in [1.165, 1.54) is 4.90 Å². The van der Waals surface area contributed by atoms with Gasteiger partial charge in [0.05, 0.1) is 13.0 Å². The first-order valence-electron chi connectivity index (χ1n) is 7.88. The molecule has 0 saturated carbocycles. The van der Waals surface area contributed by atoms with Crippen molar-refractivity contribution in [1.29, 1.82) is 0 Å². The molecule has 1 aliphatic rings. The molecule has 1 aliphatic heterocycles. The lowest BCUT2D eigenvalue weighted by Gasteiger charge is -2.25. The number of benzene rings is 1. The minimum absolute atomic E-state index is 0.135. The van der Waals surface area contributed by atoms with E-state index in [-0.39, 0.29) is 12.3 Å². The van der Waals surface area contributed by atoms with Gasteiger partial charge in [-0.05, 0) is 25.3 Å². The molecular weight excluding hydrogens is 312 g/mol. The average molecular weight is 334 g/mol. The van der Waals surface area contributed by atoms with Gasteiger partial charge in [0.1, 0.15) is 6.04 Å². The Morgan fingerprint density at radius 1 is 1.29 bits per heavy atom. The summed E-state index contributed by atoms with van der Waals surface area (Å²) in [6, 6.07) is 8.66. The molecule has 7 nitrogen and oxygen atoms in total. The molecule has 0 aliphatic carbocycles. The molecule has 0 bridgehead atoms. The Hall–Kier alpha value is -2.41. The molecule has 0 spiro atoms. The Bertz CT molecular complexity index is 615. The van der Waals surface area contributed by atoms with E-state index >= 15 is 0 Å². The van der Waals surface area contributed by atoms with Crippen molar-refractivity contribution < 1.29 is 24.6 Å². The van der Waals surface area contributed by atoms with Crippen molar-refractivity contribution in [3.8, 4) is 0 Å². The maximum Gasteiger partial charge on any atom is 0.337 e. The summed E-state index contributed by atoms with van der Waals surface area (Å²) in [5, 5.41) is 20.9. The van der Waals surface area contributed by atoms with E-state index in [1.54, 1.807) is 0 Å². The smallest absolute Gasteiger partial charge is 0.337 e. The molecule has 1 aromatic rings. The second kappa shape index (κ2) is 7.44. The average Bonchev–Trinajstić information content (AvgIpc) is 3.03. The number of nitrogens with zero attached hydrogens (tertiary/aromatic N) is 1. The summed E-state index contributed by atoms with van der Waals surface area (Å²) >= 11 is 0. The molecule has 2 rings (SSSR count). The maximum absolute atomic E-state index is 12.4. The second-order valence-corrected chi connectivity index (χ2v) is 6.20. The van der Waals surface area contributed by atoms with Gasteiger partial charge in [0.2, 0.25) is 11.8 Å². The number of nitrogens with one attached hydrogen (secondary N) is 1. The standard InChI is InChI=1S/C17H22N2O5/c1-17(24,16(22)23)11-18-15(21)13-8-5-9-19(13)14(20)10-12-6-3-2-4-7-12/h2-4,6-7,13,24H,5,8-11H2,1H3,(H,18,21)(H,22,23). The normalized spacial score (nSPS) is 19.6.